The normalized spacial score (nSPS) is 16.6. The molecule has 5 nitrogen and oxygen atoms in total. The van der Waals surface area contributed by atoms with Crippen molar-refractivity contribution in [3.8, 4) is 5.75 Å². The molecule has 0 saturated carbocycles. The predicted molar refractivity (Wildman–Crippen MR) is 95.3 cm³/mol. The van der Waals surface area contributed by atoms with E-state index in [1.165, 1.54) is 5.56 Å². The lowest BCUT2D eigenvalue weighted by Gasteiger charge is -2.18. The van der Waals surface area contributed by atoms with Crippen molar-refractivity contribution in [1.82, 2.24) is 5.32 Å². The first-order valence-corrected chi connectivity index (χ1v) is 8.34. The van der Waals surface area contributed by atoms with Crippen LogP contribution in [-0.4, -0.2) is 24.0 Å². The van der Waals surface area contributed by atoms with Gasteiger partial charge in [0.1, 0.15) is 11.8 Å². The first kappa shape index (κ1) is 17.0. The van der Waals surface area contributed by atoms with Crippen molar-refractivity contribution >= 4 is 11.8 Å². The summed E-state index contributed by atoms with van der Waals surface area (Å²) in [5.41, 5.74) is 9.71. The number of nitrogens with one attached hydrogen (secondary N) is 1. The maximum absolute atomic E-state index is 12.5. The summed E-state index contributed by atoms with van der Waals surface area (Å²) in [4.78, 5) is 24.3. The van der Waals surface area contributed by atoms with Crippen molar-refractivity contribution < 1.29 is 14.3 Å². The lowest BCUT2D eigenvalue weighted by molar-refractivity contribution is -0.131. The second-order valence-electron chi connectivity index (χ2n) is 6.51. The molecule has 0 spiro atoms. The molecule has 3 N–H and O–H groups in total. The van der Waals surface area contributed by atoms with E-state index in [1.54, 1.807) is 0 Å². The van der Waals surface area contributed by atoms with Crippen LogP contribution in [-0.2, 0) is 22.4 Å². The van der Waals surface area contributed by atoms with Gasteiger partial charge in [0.25, 0.3) is 5.91 Å². The molecule has 25 heavy (non-hydrogen) atoms. The van der Waals surface area contributed by atoms with Gasteiger partial charge in [-0.15, -0.1) is 0 Å². The second kappa shape index (κ2) is 6.97. The van der Waals surface area contributed by atoms with E-state index in [0.717, 1.165) is 22.4 Å². The van der Waals surface area contributed by atoms with Crippen LogP contribution < -0.4 is 15.8 Å². The molecular formula is C20H22N2O3. The van der Waals surface area contributed by atoms with Crippen molar-refractivity contribution in [2.45, 2.75) is 38.8 Å². The highest BCUT2D eigenvalue weighted by molar-refractivity contribution is 5.89. The van der Waals surface area contributed by atoms with Gasteiger partial charge in [0.05, 0.1) is 0 Å². The minimum absolute atomic E-state index is 0.314. The SMILES string of the molecule is Cc1cc2c(cc1C)O[C@@H](C(=O)N[C@@H](Cc1ccccc1)C(N)=O)C2. The van der Waals surface area contributed by atoms with Crippen LogP contribution in [0.2, 0.25) is 0 Å². The largest absolute Gasteiger partial charge is 0.480 e. The number of ether oxygens (including phenoxy) is 1. The summed E-state index contributed by atoms with van der Waals surface area (Å²) in [5.74, 6) is -0.132. The van der Waals surface area contributed by atoms with Crippen molar-refractivity contribution in [1.29, 1.82) is 0 Å². The van der Waals surface area contributed by atoms with Gasteiger partial charge < -0.3 is 15.8 Å². The Bertz CT molecular complexity index is 771. The Labute approximate surface area is 147 Å². The van der Waals surface area contributed by atoms with Gasteiger partial charge >= 0.3 is 0 Å². The average molecular weight is 338 g/mol. The predicted octanol–water partition coefficient (Wildman–Crippen LogP) is 1.82. The Balaban J connectivity index is 1.67. The number of carbonyl (C=O) groups is 2. The maximum Gasteiger partial charge on any atom is 0.262 e. The zero-order valence-electron chi connectivity index (χ0n) is 14.4. The monoisotopic (exact) mass is 338 g/mol. The Morgan fingerprint density at radius 1 is 1.20 bits per heavy atom. The fourth-order valence-corrected chi connectivity index (χ4v) is 3.00. The number of benzene rings is 2. The molecule has 2 atom stereocenters. The molecule has 0 aliphatic carbocycles. The van der Waals surface area contributed by atoms with Gasteiger partial charge in [-0.05, 0) is 42.2 Å². The van der Waals surface area contributed by atoms with Crippen molar-refractivity contribution in [2.24, 2.45) is 5.73 Å². The third-order valence-electron chi connectivity index (χ3n) is 4.59. The third-order valence-corrected chi connectivity index (χ3v) is 4.59. The topological polar surface area (TPSA) is 81.4 Å². The minimum Gasteiger partial charge on any atom is -0.480 e. The van der Waals surface area contributed by atoms with Crippen LogP contribution >= 0.6 is 0 Å². The van der Waals surface area contributed by atoms with Crippen LogP contribution in [0.3, 0.4) is 0 Å². The average Bonchev–Trinajstić information content (AvgIpc) is 2.98. The number of amides is 2. The number of primary amides is 1. The van der Waals surface area contributed by atoms with Gasteiger partial charge in [-0.1, -0.05) is 36.4 Å². The van der Waals surface area contributed by atoms with E-state index < -0.39 is 18.1 Å². The van der Waals surface area contributed by atoms with Crippen LogP contribution in [0.25, 0.3) is 0 Å². The third kappa shape index (κ3) is 3.82. The summed E-state index contributed by atoms with van der Waals surface area (Å²) < 4.78 is 5.77. The molecule has 2 aromatic carbocycles. The van der Waals surface area contributed by atoms with Gasteiger partial charge in [0.2, 0.25) is 5.91 Å². The molecule has 130 valence electrons. The highest BCUT2D eigenvalue weighted by Crippen LogP contribution is 2.31. The molecule has 0 saturated heterocycles. The number of fused-ring (bicyclic) bond motifs is 1. The van der Waals surface area contributed by atoms with Crippen LogP contribution in [0.1, 0.15) is 22.3 Å². The summed E-state index contributed by atoms with van der Waals surface area (Å²) in [6.07, 6.45) is 0.229. The minimum atomic E-state index is -0.759. The van der Waals surface area contributed by atoms with Crippen molar-refractivity contribution in [3.05, 3.63) is 64.7 Å². The molecule has 1 aliphatic heterocycles. The molecule has 1 aliphatic rings. The number of hydrogen-bond acceptors (Lipinski definition) is 3. The van der Waals surface area contributed by atoms with E-state index in [4.69, 9.17) is 10.5 Å². The van der Waals surface area contributed by atoms with Gasteiger partial charge in [-0.2, -0.15) is 0 Å². The lowest BCUT2D eigenvalue weighted by Crippen LogP contribution is -2.50. The smallest absolute Gasteiger partial charge is 0.262 e. The van der Waals surface area contributed by atoms with Gasteiger partial charge in [0, 0.05) is 12.8 Å². The number of carbonyl (C=O) groups excluding carboxylic acids is 2. The summed E-state index contributed by atoms with van der Waals surface area (Å²) >= 11 is 0. The molecule has 2 amide bonds. The molecule has 1 heterocycles. The Hall–Kier alpha value is -2.82. The van der Waals surface area contributed by atoms with Crippen LogP contribution in [0.5, 0.6) is 5.75 Å². The molecular weight excluding hydrogens is 316 g/mol. The summed E-state index contributed by atoms with van der Waals surface area (Å²) in [7, 11) is 0. The van der Waals surface area contributed by atoms with Gasteiger partial charge in [0.15, 0.2) is 6.10 Å². The van der Waals surface area contributed by atoms with Crippen LogP contribution in [0, 0.1) is 13.8 Å². The van der Waals surface area contributed by atoms with E-state index >= 15 is 0 Å². The summed E-state index contributed by atoms with van der Waals surface area (Å²) in [5, 5.41) is 2.73. The van der Waals surface area contributed by atoms with E-state index in [1.807, 2.05) is 56.3 Å². The van der Waals surface area contributed by atoms with E-state index in [2.05, 4.69) is 5.32 Å². The molecule has 0 radical (unpaired) electrons. The quantitative estimate of drug-likeness (QED) is 0.872. The molecule has 3 rings (SSSR count). The van der Waals surface area contributed by atoms with E-state index in [-0.39, 0.29) is 5.91 Å². The Morgan fingerprint density at radius 2 is 1.88 bits per heavy atom. The van der Waals surface area contributed by atoms with Gasteiger partial charge in [-0.3, -0.25) is 9.59 Å². The molecule has 5 heteroatoms. The second-order valence-corrected chi connectivity index (χ2v) is 6.51. The number of rotatable bonds is 5. The number of nitrogens with two attached hydrogens (primary N) is 1. The lowest BCUT2D eigenvalue weighted by atomic mass is 10.0. The molecule has 2 aromatic rings. The highest BCUT2D eigenvalue weighted by atomic mass is 16.5. The Kier molecular flexibility index (Phi) is 4.74. The van der Waals surface area contributed by atoms with E-state index in [9.17, 15) is 9.59 Å². The fourth-order valence-electron chi connectivity index (χ4n) is 3.00. The first-order valence-electron chi connectivity index (χ1n) is 8.34. The fraction of sp³-hybridized carbons (Fsp3) is 0.300. The molecule has 0 fully saturated rings. The standard InChI is InChI=1S/C20H22N2O3/c1-12-8-15-11-18(25-17(15)9-13(12)2)20(24)22-16(19(21)23)10-14-6-4-3-5-7-14/h3-9,16,18H,10-11H2,1-2H3,(H2,21,23)(H,22,24)/t16-,18+/m0/s1. The van der Waals surface area contributed by atoms with Crippen molar-refractivity contribution in [2.75, 3.05) is 0 Å². The highest BCUT2D eigenvalue weighted by Gasteiger charge is 2.31. The Morgan fingerprint density at radius 3 is 2.56 bits per heavy atom. The summed E-state index contributed by atoms with van der Waals surface area (Å²) in [6, 6.07) is 12.7. The molecule has 0 aromatic heterocycles. The van der Waals surface area contributed by atoms with Gasteiger partial charge in [-0.25, -0.2) is 0 Å². The van der Waals surface area contributed by atoms with E-state index in [0.29, 0.717) is 12.8 Å². The van der Waals surface area contributed by atoms with Crippen LogP contribution in [0.15, 0.2) is 42.5 Å². The molecule has 0 unspecified atom stereocenters. The maximum atomic E-state index is 12.5. The zero-order valence-corrected chi connectivity index (χ0v) is 14.4. The number of hydrogen-bond donors (Lipinski definition) is 2. The summed E-state index contributed by atoms with van der Waals surface area (Å²) in [6.45, 7) is 4.04. The number of aryl methyl sites for hydroxylation is 2. The zero-order chi connectivity index (χ0) is 18.0. The first-order chi connectivity index (χ1) is 11.9. The van der Waals surface area contributed by atoms with Crippen LogP contribution in [0.4, 0.5) is 0 Å². The molecule has 0 bridgehead atoms. The van der Waals surface area contributed by atoms with Crippen molar-refractivity contribution in [3.63, 3.8) is 0 Å².